The van der Waals surface area contributed by atoms with E-state index in [1.54, 1.807) is 0 Å². The van der Waals surface area contributed by atoms with Crippen LogP contribution in [0.4, 0.5) is 0 Å². The average molecular weight is 285 g/mol. The van der Waals surface area contributed by atoms with Crippen LogP contribution in [-0.2, 0) is 4.79 Å². The molecule has 3 N–H and O–H groups in total. The monoisotopic (exact) mass is 285 g/mol. The number of nitrogens with one attached hydrogen (secondary N) is 1. The topological polar surface area (TPSA) is 69.6 Å². The van der Waals surface area contributed by atoms with Gasteiger partial charge in [-0.25, -0.2) is 0 Å². The van der Waals surface area contributed by atoms with Crippen molar-refractivity contribution in [3.63, 3.8) is 0 Å². The van der Waals surface area contributed by atoms with Crippen molar-refractivity contribution in [2.24, 2.45) is 5.92 Å². The zero-order valence-electron chi connectivity index (χ0n) is 11.9. The van der Waals surface area contributed by atoms with Crippen molar-refractivity contribution < 1.29 is 15.0 Å². The quantitative estimate of drug-likeness (QED) is 0.789. The molecule has 21 heavy (non-hydrogen) atoms. The van der Waals surface area contributed by atoms with E-state index in [1.807, 2.05) is 43.3 Å². The van der Waals surface area contributed by atoms with Gasteiger partial charge in [0.05, 0.1) is 0 Å². The fourth-order valence-corrected chi connectivity index (χ4v) is 2.82. The van der Waals surface area contributed by atoms with E-state index < -0.39 is 12.0 Å². The summed E-state index contributed by atoms with van der Waals surface area (Å²) in [6, 6.07) is 10.7. The molecule has 2 aromatic rings. The molecule has 0 saturated heterocycles. The third kappa shape index (κ3) is 2.72. The maximum absolute atomic E-state index is 11.3. The Morgan fingerprint density at radius 1 is 1.24 bits per heavy atom. The van der Waals surface area contributed by atoms with Gasteiger partial charge in [0.25, 0.3) is 0 Å². The predicted molar refractivity (Wildman–Crippen MR) is 81.3 cm³/mol. The molecule has 0 radical (unpaired) electrons. The molecule has 1 aliphatic rings. The van der Waals surface area contributed by atoms with Gasteiger partial charge >= 0.3 is 5.97 Å². The van der Waals surface area contributed by atoms with Crippen molar-refractivity contribution in [1.29, 1.82) is 0 Å². The summed E-state index contributed by atoms with van der Waals surface area (Å²) in [5, 5.41) is 24.6. The van der Waals surface area contributed by atoms with Crippen molar-refractivity contribution in [1.82, 2.24) is 5.32 Å². The zero-order chi connectivity index (χ0) is 15.0. The first-order valence-corrected chi connectivity index (χ1v) is 7.27. The Balaban J connectivity index is 1.88. The summed E-state index contributed by atoms with van der Waals surface area (Å²) in [5.41, 5.74) is 0.737. The number of carbonyl (C=O) groups is 1. The number of benzene rings is 2. The molecule has 2 unspecified atom stereocenters. The first kappa shape index (κ1) is 13.9. The summed E-state index contributed by atoms with van der Waals surface area (Å²) in [5.74, 6) is -0.370. The minimum Gasteiger partial charge on any atom is -0.507 e. The van der Waals surface area contributed by atoms with Gasteiger partial charge in [0, 0.05) is 17.0 Å². The van der Waals surface area contributed by atoms with Crippen molar-refractivity contribution in [3.8, 4) is 5.75 Å². The van der Waals surface area contributed by atoms with Crippen molar-refractivity contribution >= 4 is 16.7 Å². The summed E-state index contributed by atoms with van der Waals surface area (Å²) in [6.45, 7) is 1.89. The average Bonchev–Trinajstić information content (AvgIpc) is 3.29. The smallest absolute Gasteiger partial charge is 0.320 e. The number of carboxylic acid groups (broad SMARTS) is 1. The molecule has 3 rings (SSSR count). The molecule has 1 saturated carbocycles. The molecule has 2 aromatic carbocycles. The number of hydrogen-bond acceptors (Lipinski definition) is 3. The number of hydrogen-bond donors (Lipinski definition) is 3. The van der Waals surface area contributed by atoms with Crippen LogP contribution in [0.5, 0.6) is 5.75 Å². The molecule has 0 aliphatic heterocycles. The van der Waals surface area contributed by atoms with Crippen LogP contribution in [0, 0.1) is 5.92 Å². The Kier molecular flexibility index (Phi) is 3.55. The number of carboxylic acids is 1. The lowest BCUT2D eigenvalue weighted by Crippen LogP contribution is -2.40. The number of aromatic hydroxyl groups is 1. The van der Waals surface area contributed by atoms with Crippen molar-refractivity contribution in [2.75, 3.05) is 0 Å². The van der Waals surface area contributed by atoms with E-state index in [1.165, 1.54) is 0 Å². The van der Waals surface area contributed by atoms with E-state index in [9.17, 15) is 15.0 Å². The predicted octanol–water partition coefficient (Wildman–Crippen LogP) is 3.06. The molecule has 1 fully saturated rings. The Bertz CT molecular complexity index is 679. The summed E-state index contributed by atoms with van der Waals surface area (Å²) in [7, 11) is 0. The van der Waals surface area contributed by atoms with Crippen LogP contribution in [0.2, 0.25) is 0 Å². The number of fused-ring (bicyclic) bond motifs is 1. The highest BCUT2D eigenvalue weighted by Crippen LogP contribution is 2.36. The molecule has 0 aromatic heterocycles. The maximum Gasteiger partial charge on any atom is 0.320 e. The van der Waals surface area contributed by atoms with Gasteiger partial charge in [0.15, 0.2) is 0 Å². The van der Waals surface area contributed by atoms with Gasteiger partial charge in [-0.1, -0.05) is 36.4 Å². The van der Waals surface area contributed by atoms with Gasteiger partial charge in [-0.3, -0.25) is 10.1 Å². The first-order valence-electron chi connectivity index (χ1n) is 7.27. The van der Waals surface area contributed by atoms with E-state index in [0.29, 0.717) is 0 Å². The lowest BCUT2D eigenvalue weighted by Gasteiger charge is -2.21. The third-order valence-corrected chi connectivity index (χ3v) is 4.19. The Labute approximate surface area is 123 Å². The SMILES string of the molecule is CC(NC(C(=O)O)C1CC1)c1ccc2ccccc2c1O. The van der Waals surface area contributed by atoms with Gasteiger partial charge in [0.2, 0.25) is 0 Å². The summed E-state index contributed by atoms with van der Waals surface area (Å²) in [6.07, 6.45) is 1.92. The minimum absolute atomic E-state index is 0.212. The fourth-order valence-electron chi connectivity index (χ4n) is 2.82. The standard InChI is InChI=1S/C17H19NO3/c1-10(18-15(17(20)21)12-6-7-12)13-9-8-11-4-2-3-5-14(11)16(13)19/h2-5,8-10,12,15,18-19H,6-7H2,1H3,(H,20,21). The Morgan fingerprint density at radius 3 is 2.62 bits per heavy atom. The van der Waals surface area contributed by atoms with Crippen LogP contribution < -0.4 is 5.32 Å². The third-order valence-electron chi connectivity index (χ3n) is 4.19. The van der Waals surface area contributed by atoms with Crippen LogP contribution in [-0.4, -0.2) is 22.2 Å². The van der Waals surface area contributed by atoms with E-state index in [-0.39, 0.29) is 17.7 Å². The van der Waals surface area contributed by atoms with E-state index in [4.69, 9.17) is 0 Å². The molecule has 110 valence electrons. The lowest BCUT2D eigenvalue weighted by atomic mass is 10.00. The van der Waals surface area contributed by atoms with E-state index in [2.05, 4.69) is 5.32 Å². The highest BCUT2D eigenvalue weighted by atomic mass is 16.4. The van der Waals surface area contributed by atoms with E-state index >= 15 is 0 Å². The number of phenolic OH excluding ortho intramolecular Hbond substituents is 1. The number of aliphatic carboxylic acids is 1. The largest absolute Gasteiger partial charge is 0.507 e. The second kappa shape index (κ2) is 5.37. The van der Waals surface area contributed by atoms with Gasteiger partial charge in [0.1, 0.15) is 11.8 Å². The molecule has 4 nitrogen and oxygen atoms in total. The molecule has 1 aliphatic carbocycles. The number of rotatable bonds is 5. The molecule has 2 atom stereocenters. The molecule has 4 heteroatoms. The summed E-state index contributed by atoms with van der Waals surface area (Å²) in [4.78, 5) is 11.3. The second-order valence-electron chi connectivity index (χ2n) is 5.77. The first-order chi connectivity index (χ1) is 10.1. The van der Waals surface area contributed by atoms with E-state index in [0.717, 1.165) is 29.2 Å². The zero-order valence-corrected chi connectivity index (χ0v) is 11.9. The molecular weight excluding hydrogens is 266 g/mol. The molecular formula is C17H19NO3. The van der Waals surface area contributed by atoms with Crippen molar-refractivity contribution in [3.05, 3.63) is 42.0 Å². The highest BCUT2D eigenvalue weighted by molar-refractivity contribution is 5.89. The Morgan fingerprint density at radius 2 is 1.95 bits per heavy atom. The van der Waals surface area contributed by atoms with Crippen LogP contribution in [0.3, 0.4) is 0 Å². The Hall–Kier alpha value is -2.07. The van der Waals surface area contributed by atoms with Gasteiger partial charge in [-0.2, -0.15) is 0 Å². The summed E-state index contributed by atoms with van der Waals surface area (Å²) >= 11 is 0. The van der Waals surface area contributed by atoms with Gasteiger partial charge in [-0.05, 0) is 31.1 Å². The lowest BCUT2D eigenvalue weighted by molar-refractivity contribution is -0.140. The van der Waals surface area contributed by atoms with Gasteiger partial charge in [-0.15, -0.1) is 0 Å². The van der Waals surface area contributed by atoms with Crippen LogP contribution in [0.25, 0.3) is 10.8 Å². The second-order valence-corrected chi connectivity index (χ2v) is 5.77. The fraction of sp³-hybridized carbons (Fsp3) is 0.353. The maximum atomic E-state index is 11.3. The van der Waals surface area contributed by atoms with Crippen LogP contribution in [0.15, 0.2) is 36.4 Å². The van der Waals surface area contributed by atoms with Crippen LogP contribution in [0.1, 0.15) is 31.4 Å². The van der Waals surface area contributed by atoms with Crippen molar-refractivity contribution in [2.45, 2.75) is 31.8 Å². The highest BCUT2D eigenvalue weighted by Gasteiger charge is 2.37. The molecule has 0 heterocycles. The summed E-state index contributed by atoms with van der Waals surface area (Å²) < 4.78 is 0. The molecule has 0 bridgehead atoms. The minimum atomic E-state index is -0.815. The molecule has 0 spiro atoms. The molecule has 0 amide bonds. The normalized spacial score (nSPS) is 17.6. The number of phenols is 1. The van der Waals surface area contributed by atoms with Gasteiger partial charge < -0.3 is 10.2 Å². The van der Waals surface area contributed by atoms with Crippen LogP contribution >= 0.6 is 0 Å².